The Bertz CT molecular complexity index is 961. The number of hydrogen-bond donors (Lipinski definition) is 1. The van der Waals surface area contributed by atoms with Crippen molar-refractivity contribution in [2.45, 2.75) is 19.2 Å². The number of anilines is 1. The Morgan fingerprint density at radius 2 is 1.74 bits per heavy atom. The second-order valence-electron chi connectivity index (χ2n) is 5.73. The molecule has 0 bridgehead atoms. The fourth-order valence-electron chi connectivity index (χ4n) is 2.43. The number of rotatable bonds is 4. The Hall–Kier alpha value is -3.29. The number of halogens is 3. The molecule has 0 fully saturated rings. The number of fused-ring (bicyclic) bond motifs is 1. The molecule has 0 radical (unpaired) electrons. The van der Waals surface area contributed by atoms with Gasteiger partial charge in [-0.1, -0.05) is 30.3 Å². The topological polar surface area (TPSA) is 68.5 Å². The Kier molecular flexibility index (Phi) is 4.89. The van der Waals surface area contributed by atoms with Crippen LogP contribution in [0.3, 0.4) is 0 Å². The number of nitrogens with one attached hydrogen (secondary N) is 1. The highest BCUT2D eigenvalue weighted by Gasteiger charge is 2.34. The van der Waals surface area contributed by atoms with Crippen LogP contribution in [-0.4, -0.2) is 18.0 Å². The molecule has 1 N–H and O–H groups in total. The van der Waals surface area contributed by atoms with Gasteiger partial charge in [-0.2, -0.15) is 13.2 Å². The van der Waals surface area contributed by atoms with Gasteiger partial charge in [-0.3, -0.25) is 4.79 Å². The second kappa shape index (κ2) is 7.14. The summed E-state index contributed by atoms with van der Waals surface area (Å²) in [6.45, 7) is 1.26. The summed E-state index contributed by atoms with van der Waals surface area (Å²) in [5.41, 5.74) is -0.934. The van der Waals surface area contributed by atoms with E-state index in [0.29, 0.717) is 11.0 Å². The van der Waals surface area contributed by atoms with E-state index in [-0.39, 0.29) is 5.76 Å². The molecule has 140 valence electrons. The van der Waals surface area contributed by atoms with Gasteiger partial charge in [0.05, 0.1) is 11.3 Å². The SMILES string of the molecule is C[C@H](OC(=O)c1cc2ccccc2o1)C(=O)Nc1ccccc1C(F)(F)F. The van der Waals surface area contributed by atoms with E-state index >= 15 is 0 Å². The summed E-state index contributed by atoms with van der Waals surface area (Å²) < 4.78 is 49.3. The standard InChI is InChI=1S/C19H14F3NO4/c1-11(17(24)23-14-8-4-3-7-13(14)19(20,21)22)26-18(25)16-10-12-6-2-5-9-15(12)27-16/h2-11H,1H3,(H,23,24)/t11-/m0/s1. The number of amides is 1. The number of alkyl halides is 3. The van der Waals surface area contributed by atoms with Crippen LogP contribution >= 0.6 is 0 Å². The molecule has 5 nitrogen and oxygen atoms in total. The Balaban J connectivity index is 1.70. The van der Waals surface area contributed by atoms with E-state index in [1.807, 2.05) is 0 Å². The quantitative estimate of drug-likeness (QED) is 0.673. The fraction of sp³-hybridized carbons (Fsp3) is 0.158. The maximum absolute atomic E-state index is 13.0. The molecule has 27 heavy (non-hydrogen) atoms. The monoisotopic (exact) mass is 377 g/mol. The zero-order valence-electron chi connectivity index (χ0n) is 14.0. The van der Waals surface area contributed by atoms with Gasteiger partial charge in [-0.05, 0) is 31.2 Å². The minimum Gasteiger partial charge on any atom is -0.449 e. The first-order chi connectivity index (χ1) is 12.8. The molecule has 0 saturated heterocycles. The van der Waals surface area contributed by atoms with Gasteiger partial charge in [-0.15, -0.1) is 0 Å². The molecule has 0 aliphatic heterocycles. The molecule has 0 aliphatic rings. The third-order valence-corrected chi connectivity index (χ3v) is 3.77. The molecule has 0 spiro atoms. The number of para-hydroxylation sites is 2. The first-order valence-corrected chi connectivity index (χ1v) is 7.92. The summed E-state index contributed by atoms with van der Waals surface area (Å²) in [6, 6.07) is 12.9. The van der Waals surface area contributed by atoms with E-state index < -0.39 is 35.4 Å². The molecule has 1 amide bonds. The van der Waals surface area contributed by atoms with Gasteiger partial charge in [0.25, 0.3) is 5.91 Å². The molecular weight excluding hydrogens is 363 g/mol. The fourth-order valence-corrected chi connectivity index (χ4v) is 2.43. The highest BCUT2D eigenvalue weighted by molar-refractivity contribution is 5.98. The summed E-state index contributed by atoms with van der Waals surface area (Å²) in [7, 11) is 0. The summed E-state index contributed by atoms with van der Waals surface area (Å²) >= 11 is 0. The van der Waals surface area contributed by atoms with Crippen LogP contribution in [0, 0.1) is 0 Å². The molecule has 3 aromatic rings. The van der Waals surface area contributed by atoms with Gasteiger partial charge >= 0.3 is 12.1 Å². The lowest BCUT2D eigenvalue weighted by Gasteiger charge is -2.16. The number of hydrogen-bond acceptors (Lipinski definition) is 4. The van der Waals surface area contributed by atoms with Crippen LogP contribution in [0.4, 0.5) is 18.9 Å². The maximum atomic E-state index is 13.0. The summed E-state index contributed by atoms with van der Waals surface area (Å²) in [5, 5.41) is 2.81. The van der Waals surface area contributed by atoms with Crippen LogP contribution in [-0.2, 0) is 15.7 Å². The van der Waals surface area contributed by atoms with Crippen LogP contribution in [0.25, 0.3) is 11.0 Å². The molecule has 2 aromatic carbocycles. The van der Waals surface area contributed by atoms with E-state index in [1.54, 1.807) is 24.3 Å². The van der Waals surface area contributed by atoms with Crippen LogP contribution < -0.4 is 5.32 Å². The van der Waals surface area contributed by atoms with E-state index in [9.17, 15) is 22.8 Å². The minimum absolute atomic E-state index is 0.105. The van der Waals surface area contributed by atoms with Crippen molar-refractivity contribution in [1.82, 2.24) is 0 Å². The van der Waals surface area contributed by atoms with Gasteiger partial charge in [0.1, 0.15) is 5.58 Å². The number of carbonyl (C=O) groups excluding carboxylic acids is 2. The van der Waals surface area contributed by atoms with Gasteiger partial charge in [0.2, 0.25) is 5.76 Å². The third kappa shape index (κ3) is 4.11. The predicted molar refractivity (Wildman–Crippen MR) is 91.2 cm³/mol. The zero-order chi connectivity index (χ0) is 19.6. The molecular formula is C19H14F3NO4. The van der Waals surface area contributed by atoms with E-state index in [1.165, 1.54) is 25.1 Å². The molecule has 1 aromatic heterocycles. The van der Waals surface area contributed by atoms with Crippen molar-refractivity contribution >= 4 is 28.5 Å². The van der Waals surface area contributed by atoms with Crippen LogP contribution in [0.15, 0.2) is 59.0 Å². The van der Waals surface area contributed by atoms with Gasteiger partial charge in [0.15, 0.2) is 6.10 Å². The van der Waals surface area contributed by atoms with E-state index in [4.69, 9.17) is 9.15 Å². The first-order valence-electron chi connectivity index (χ1n) is 7.92. The first kappa shape index (κ1) is 18.5. The Morgan fingerprint density at radius 1 is 1.07 bits per heavy atom. The molecule has 0 aliphatic carbocycles. The number of esters is 1. The van der Waals surface area contributed by atoms with Crippen molar-refractivity contribution in [2.24, 2.45) is 0 Å². The average molecular weight is 377 g/mol. The lowest BCUT2D eigenvalue weighted by molar-refractivity contribution is -0.137. The van der Waals surface area contributed by atoms with Gasteiger partial charge < -0.3 is 14.5 Å². The summed E-state index contributed by atoms with van der Waals surface area (Å²) in [5.74, 6) is -1.89. The van der Waals surface area contributed by atoms with Crippen LogP contribution in [0.5, 0.6) is 0 Å². The molecule has 8 heteroatoms. The molecule has 0 unspecified atom stereocenters. The van der Waals surface area contributed by atoms with Crippen molar-refractivity contribution in [2.75, 3.05) is 5.32 Å². The maximum Gasteiger partial charge on any atom is 0.418 e. The van der Waals surface area contributed by atoms with Crippen molar-refractivity contribution in [3.05, 3.63) is 65.9 Å². The second-order valence-corrected chi connectivity index (χ2v) is 5.73. The van der Waals surface area contributed by atoms with Crippen molar-refractivity contribution < 1.29 is 31.9 Å². The lowest BCUT2D eigenvalue weighted by Crippen LogP contribution is -2.30. The number of benzene rings is 2. The molecule has 0 saturated carbocycles. The number of furan rings is 1. The number of ether oxygens (including phenoxy) is 1. The molecule has 3 rings (SSSR count). The van der Waals surface area contributed by atoms with Crippen molar-refractivity contribution in [1.29, 1.82) is 0 Å². The van der Waals surface area contributed by atoms with Crippen LogP contribution in [0.2, 0.25) is 0 Å². The number of carbonyl (C=O) groups is 2. The highest BCUT2D eigenvalue weighted by atomic mass is 19.4. The van der Waals surface area contributed by atoms with Crippen LogP contribution in [0.1, 0.15) is 23.0 Å². The third-order valence-electron chi connectivity index (χ3n) is 3.77. The molecule has 1 heterocycles. The van der Waals surface area contributed by atoms with E-state index in [2.05, 4.69) is 5.32 Å². The lowest BCUT2D eigenvalue weighted by atomic mass is 10.1. The average Bonchev–Trinajstić information content (AvgIpc) is 3.05. The smallest absolute Gasteiger partial charge is 0.418 e. The largest absolute Gasteiger partial charge is 0.449 e. The minimum atomic E-state index is -4.63. The normalized spacial score (nSPS) is 12.6. The Morgan fingerprint density at radius 3 is 2.44 bits per heavy atom. The highest BCUT2D eigenvalue weighted by Crippen LogP contribution is 2.34. The summed E-state index contributed by atoms with van der Waals surface area (Å²) in [6.07, 6.45) is -5.95. The Labute approximate surface area is 151 Å². The molecule has 1 atom stereocenters. The van der Waals surface area contributed by atoms with Gasteiger partial charge in [-0.25, -0.2) is 4.79 Å². The summed E-state index contributed by atoms with van der Waals surface area (Å²) in [4.78, 5) is 24.3. The van der Waals surface area contributed by atoms with Gasteiger partial charge in [0, 0.05) is 5.39 Å². The van der Waals surface area contributed by atoms with Crippen molar-refractivity contribution in [3.63, 3.8) is 0 Å². The van der Waals surface area contributed by atoms with E-state index in [0.717, 1.165) is 12.1 Å². The van der Waals surface area contributed by atoms with Crippen molar-refractivity contribution in [3.8, 4) is 0 Å². The zero-order valence-corrected chi connectivity index (χ0v) is 14.0. The predicted octanol–water partition coefficient (Wildman–Crippen LogP) is 4.64.